The van der Waals surface area contributed by atoms with Gasteiger partial charge < -0.3 is 9.67 Å². The van der Waals surface area contributed by atoms with Gasteiger partial charge in [-0.15, -0.1) is 0 Å². The molecular weight excluding hydrogens is 304 g/mol. The molecule has 2 aromatic rings. The van der Waals surface area contributed by atoms with E-state index in [2.05, 4.69) is 0 Å². The third kappa shape index (κ3) is 3.20. The number of rotatable bonds is 5. The number of aromatic carboxylic acids is 1. The number of carbonyl (C=O) groups is 1. The predicted octanol–water partition coefficient (Wildman–Crippen LogP) is 1.85. The molecule has 0 spiro atoms. The first kappa shape index (κ1) is 16.3. The summed E-state index contributed by atoms with van der Waals surface area (Å²) in [5.74, 6) is -1.16. The van der Waals surface area contributed by atoms with Gasteiger partial charge in [-0.25, -0.2) is 13.2 Å². The molecule has 1 aromatic heterocycles. The van der Waals surface area contributed by atoms with Crippen LogP contribution >= 0.6 is 0 Å². The van der Waals surface area contributed by atoms with Gasteiger partial charge in [0.1, 0.15) is 10.6 Å². The van der Waals surface area contributed by atoms with E-state index in [1.807, 2.05) is 31.2 Å². The summed E-state index contributed by atoms with van der Waals surface area (Å²) < 4.78 is 27.5. The van der Waals surface area contributed by atoms with Crippen molar-refractivity contribution in [2.45, 2.75) is 18.4 Å². The number of aromatic nitrogens is 1. The maximum Gasteiger partial charge on any atom is 0.352 e. The van der Waals surface area contributed by atoms with E-state index in [0.29, 0.717) is 0 Å². The Hall–Kier alpha value is -2.12. The Balaban J connectivity index is 2.27. The van der Waals surface area contributed by atoms with E-state index in [0.717, 1.165) is 11.1 Å². The van der Waals surface area contributed by atoms with Crippen LogP contribution in [-0.4, -0.2) is 35.4 Å². The van der Waals surface area contributed by atoms with Crippen molar-refractivity contribution in [3.8, 4) is 0 Å². The molecule has 0 aliphatic carbocycles. The first-order chi connectivity index (χ1) is 10.2. The van der Waals surface area contributed by atoms with Crippen molar-refractivity contribution in [1.82, 2.24) is 8.87 Å². The van der Waals surface area contributed by atoms with Crippen LogP contribution in [0.25, 0.3) is 0 Å². The fourth-order valence-electron chi connectivity index (χ4n) is 2.10. The Morgan fingerprint density at radius 1 is 1.27 bits per heavy atom. The molecule has 0 aliphatic heterocycles. The average molecular weight is 322 g/mol. The summed E-state index contributed by atoms with van der Waals surface area (Å²) in [6, 6.07) is 8.75. The zero-order valence-electron chi connectivity index (χ0n) is 12.6. The summed E-state index contributed by atoms with van der Waals surface area (Å²) in [6.45, 7) is 2.18. The van der Waals surface area contributed by atoms with Crippen molar-refractivity contribution in [3.63, 3.8) is 0 Å². The number of hydrogen-bond donors (Lipinski definition) is 1. The smallest absolute Gasteiger partial charge is 0.352 e. The first-order valence-electron chi connectivity index (χ1n) is 6.63. The van der Waals surface area contributed by atoms with Gasteiger partial charge in [0, 0.05) is 26.8 Å². The lowest BCUT2D eigenvalue weighted by Crippen LogP contribution is -2.26. The summed E-state index contributed by atoms with van der Waals surface area (Å²) in [4.78, 5) is 11.0. The number of nitrogens with zero attached hydrogens (tertiary/aromatic N) is 2. The molecule has 0 aliphatic rings. The Kier molecular flexibility index (Phi) is 4.39. The number of carboxylic acid groups (broad SMARTS) is 1. The summed E-state index contributed by atoms with van der Waals surface area (Å²) in [6.07, 6.45) is 1.31. The van der Waals surface area contributed by atoms with Crippen LogP contribution in [0, 0.1) is 6.92 Å². The lowest BCUT2D eigenvalue weighted by Gasteiger charge is -2.16. The molecular formula is C15H18N2O4S. The highest BCUT2D eigenvalue weighted by atomic mass is 32.2. The fraction of sp³-hybridized carbons (Fsp3) is 0.267. The quantitative estimate of drug-likeness (QED) is 0.911. The van der Waals surface area contributed by atoms with Crippen LogP contribution in [0.4, 0.5) is 0 Å². The van der Waals surface area contributed by atoms with E-state index >= 15 is 0 Å². The molecule has 22 heavy (non-hydrogen) atoms. The highest BCUT2D eigenvalue weighted by Gasteiger charge is 2.24. The van der Waals surface area contributed by atoms with Crippen LogP contribution in [0.3, 0.4) is 0 Å². The van der Waals surface area contributed by atoms with Crippen LogP contribution < -0.4 is 0 Å². The Morgan fingerprint density at radius 3 is 2.36 bits per heavy atom. The Bertz CT molecular complexity index is 791. The summed E-state index contributed by atoms with van der Waals surface area (Å²) >= 11 is 0. The molecule has 1 aromatic carbocycles. The minimum absolute atomic E-state index is 0.0259. The van der Waals surface area contributed by atoms with Crippen LogP contribution in [0.15, 0.2) is 41.4 Å². The number of carboxylic acids is 1. The van der Waals surface area contributed by atoms with Crippen molar-refractivity contribution in [3.05, 3.63) is 53.3 Å². The molecule has 0 saturated heterocycles. The van der Waals surface area contributed by atoms with E-state index < -0.39 is 16.0 Å². The van der Waals surface area contributed by atoms with E-state index in [1.54, 1.807) is 0 Å². The molecule has 1 N–H and O–H groups in total. The SMILES string of the molecule is Cc1ccc(CN(C)S(=O)(=O)c2cc(C(=O)O)n(C)c2)cc1. The van der Waals surface area contributed by atoms with Gasteiger partial charge >= 0.3 is 5.97 Å². The summed E-state index contributed by atoms with van der Waals surface area (Å²) in [5, 5.41) is 9.02. The molecule has 118 valence electrons. The molecule has 1 heterocycles. The lowest BCUT2D eigenvalue weighted by atomic mass is 10.1. The van der Waals surface area contributed by atoms with E-state index in [4.69, 9.17) is 5.11 Å². The molecule has 0 radical (unpaired) electrons. The minimum atomic E-state index is -3.73. The van der Waals surface area contributed by atoms with E-state index in [-0.39, 0.29) is 17.1 Å². The number of hydrogen-bond acceptors (Lipinski definition) is 3. The third-order valence-corrected chi connectivity index (χ3v) is 5.20. The highest BCUT2D eigenvalue weighted by molar-refractivity contribution is 7.89. The van der Waals surface area contributed by atoms with Crippen LogP contribution in [0.5, 0.6) is 0 Å². The second-order valence-corrected chi connectivity index (χ2v) is 7.27. The van der Waals surface area contributed by atoms with Crippen molar-refractivity contribution in [2.24, 2.45) is 7.05 Å². The van der Waals surface area contributed by atoms with Gasteiger partial charge in [0.2, 0.25) is 10.0 Å². The van der Waals surface area contributed by atoms with Gasteiger partial charge in [-0.2, -0.15) is 4.31 Å². The number of sulfonamides is 1. The van der Waals surface area contributed by atoms with E-state index in [9.17, 15) is 13.2 Å². The van der Waals surface area contributed by atoms with Gasteiger partial charge in [-0.3, -0.25) is 0 Å². The monoisotopic (exact) mass is 322 g/mol. The molecule has 0 bridgehead atoms. The lowest BCUT2D eigenvalue weighted by molar-refractivity contribution is 0.0686. The van der Waals surface area contributed by atoms with E-state index in [1.165, 1.54) is 35.2 Å². The Morgan fingerprint density at radius 2 is 1.86 bits per heavy atom. The zero-order chi connectivity index (χ0) is 16.5. The maximum absolute atomic E-state index is 12.5. The second-order valence-electron chi connectivity index (χ2n) is 5.22. The summed E-state index contributed by atoms with van der Waals surface area (Å²) in [7, 11) is -0.756. The maximum atomic E-state index is 12.5. The van der Waals surface area contributed by atoms with Crippen LogP contribution in [0.2, 0.25) is 0 Å². The Labute approximate surface area is 129 Å². The van der Waals surface area contributed by atoms with Gasteiger partial charge in [-0.1, -0.05) is 29.8 Å². The van der Waals surface area contributed by atoms with Crippen LogP contribution in [-0.2, 0) is 23.6 Å². The summed E-state index contributed by atoms with van der Waals surface area (Å²) in [5.41, 5.74) is 1.90. The van der Waals surface area contributed by atoms with Gasteiger partial charge in [0.15, 0.2) is 0 Å². The normalized spacial score (nSPS) is 11.8. The van der Waals surface area contributed by atoms with Gasteiger partial charge in [0.05, 0.1) is 0 Å². The second kappa shape index (κ2) is 5.94. The largest absolute Gasteiger partial charge is 0.477 e. The van der Waals surface area contributed by atoms with Crippen LogP contribution in [0.1, 0.15) is 21.6 Å². The van der Waals surface area contributed by atoms with Crippen molar-refractivity contribution in [1.29, 1.82) is 0 Å². The third-order valence-electron chi connectivity index (χ3n) is 3.43. The molecule has 0 fully saturated rings. The van der Waals surface area contributed by atoms with Crippen molar-refractivity contribution in [2.75, 3.05) is 7.05 Å². The fourth-order valence-corrected chi connectivity index (χ4v) is 3.33. The molecule has 2 rings (SSSR count). The standard InChI is InChI=1S/C15H18N2O4S/c1-11-4-6-12(7-5-11)9-17(3)22(20,21)13-8-14(15(18)19)16(2)10-13/h4-8,10H,9H2,1-3H3,(H,18,19). The molecule has 6 nitrogen and oxygen atoms in total. The molecule has 0 atom stereocenters. The molecule has 7 heteroatoms. The molecule has 0 amide bonds. The molecule has 0 unspecified atom stereocenters. The predicted molar refractivity (Wildman–Crippen MR) is 82.2 cm³/mol. The topological polar surface area (TPSA) is 79.6 Å². The average Bonchev–Trinajstić information content (AvgIpc) is 2.84. The number of aryl methyl sites for hydroxylation is 2. The zero-order valence-corrected chi connectivity index (χ0v) is 13.5. The minimum Gasteiger partial charge on any atom is -0.477 e. The number of benzene rings is 1. The first-order valence-corrected chi connectivity index (χ1v) is 8.07. The van der Waals surface area contributed by atoms with Gasteiger partial charge in [-0.05, 0) is 18.6 Å². The highest BCUT2D eigenvalue weighted by Crippen LogP contribution is 2.19. The molecule has 0 saturated carbocycles. The van der Waals surface area contributed by atoms with Gasteiger partial charge in [0.25, 0.3) is 0 Å². The van der Waals surface area contributed by atoms with Crippen molar-refractivity contribution >= 4 is 16.0 Å². The van der Waals surface area contributed by atoms with Crippen molar-refractivity contribution < 1.29 is 18.3 Å².